The Morgan fingerprint density at radius 2 is 1.57 bits per heavy atom. The first-order chi connectivity index (χ1) is 14.6. The van der Waals surface area contributed by atoms with E-state index < -0.39 is 18.6 Å². The number of amides is 1. The van der Waals surface area contributed by atoms with Gasteiger partial charge < -0.3 is 9.84 Å². The number of pyridine rings is 1. The molecule has 1 N–H and O–H groups in total. The summed E-state index contributed by atoms with van der Waals surface area (Å²) in [6, 6.07) is 21.7. The number of ether oxygens (including phenoxy) is 1. The van der Waals surface area contributed by atoms with E-state index in [-0.39, 0.29) is 19.1 Å². The van der Waals surface area contributed by atoms with Crippen LogP contribution < -0.4 is 0 Å². The van der Waals surface area contributed by atoms with Crippen LogP contribution in [0.3, 0.4) is 0 Å². The lowest BCUT2D eigenvalue weighted by Gasteiger charge is -2.22. The van der Waals surface area contributed by atoms with Crippen molar-refractivity contribution >= 4 is 12.1 Å². The van der Waals surface area contributed by atoms with Crippen molar-refractivity contribution < 1.29 is 19.4 Å². The minimum absolute atomic E-state index is 0.0659. The Kier molecular flexibility index (Phi) is 5.75. The van der Waals surface area contributed by atoms with E-state index in [0.717, 1.165) is 27.9 Å². The molecule has 0 radical (unpaired) electrons. The summed E-state index contributed by atoms with van der Waals surface area (Å²) in [6.45, 7) is -0.0317. The van der Waals surface area contributed by atoms with Crippen LogP contribution in [0.4, 0.5) is 4.79 Å². The van der Waals surface area contributed by atoms with E-state index in [1.807, 2.05) is 54.6 Å². The molecule has 1 aliphatic rings. The Morgan fingerprint density at radius 1 is 0.933 bits per heavy atom. The average molecular weight is 402 g/mol. The molecule has 0 bridgehead atoms. The van der Waals surface area contributed by atoms with Gasteiger partial charge in [0.25, 0.3) is 0 Å². The highest BCUT2D eigenvalue weighted by Gasteiger charge is 2.30. The number of aromatic nitrogens is 1. The van der Waals surface area contributed by atoms with E-state index in [9.17, 15) is 14.7 Å². The number of carbonyl (C=O) groups excluding carboxylic acids is 1. The van der Waals surface area contributed by atoms with Crippen molar-refractivity contribution in [2.75, 3.05) is 19.7 Å². The molecule has 1 heterocycles. The molecule has 3 aromatic rings. The van der Waals surface area contributed by atoms with Gasteiger partial charge in [-0.15, -0.1) is 0 Å². The first-order valence-electron chi connectivity index (χ1n) is 9.85. The first-order valence-corrected chi connectivity index (χ1v) is 9.85. The summed E-state index contributed by atoms with van der Waals surface area (Å²) in [6.07, 6.45) is 1.50. The van der Waals surface area contributed by atoms with Crippen molar-refractivity contribution in [2.45, 2.75) is 12.3 Å². The lowest BCUT2D eigenvalue weighted by atomic mass is 9.98. The van der Waals surface area contributed by atoms with Crippen LogP contribution in [-0.2, 0) is 16.0 Å². The van der Waals surface area contributed by atoms with Gasteiger partial charge in [0.2, 0.25) is 0 Å². The highest BCUT2D eigenvalue weighted by Crippen LogP contribution is 2.44. The lowest BCUT2D eigenvalue weighted by molar-refractivity contribution is -0.138. The topological polar surface area (TPSA) is 79.7 Å². The van der Waals surface area contributed by atoms with Crippen molar-refractivity contribution in [3.63, 3.8) is 0 Å². The number of benzene rings is 2. The molecule has 4 rings (SSSR count). The third-order valence-corrected chi connectivity index (χ3v) is 5.28. The van der Waals surface area contributed by atoms with Gasteiger partial charge in [0.15, 0.2) is 0 Å². The molecule has 0 fully saturated rings. The molecular weight excluding hydrogens is 380 g/mol. The zero-order valence-corrected chi connectivity index (χ0v) is 16.4. The fourth-order valence-corrected chi connectivity index (χ4v) is 3.88. The highest BCUT2D eigenvalue weighted by molar-refractivity contribution is 5.79. The van der Waals surface area contributed by atoms with Crippen molar-refractivity contribution in [1.82, 2.24) is 9.88 Å². The fourth-order valence-electron chi connectivity index (χ4n) is 3.88. The van der Waals surface area contributed by atoms with Gasteiger partial charge in [0.1, 0.15) is 13.2 Å². The van der Waals surface area contributed by atoms with Crippen molar-refractivity contribution in [1.29, 1.82) is 0 Å². The van der Waals surface area contributed by atoms with Crippen LogP contribution in [0.15, 0.2) is 72.9 Å². The van der Waals surface area contributed by atoms with E-state index >= 15 is 0 Å². The molecule has 2 aromatic carbocycles. The highest BCUT2D eigenvalue weighted by atomic mass is 16.6. The summed E-state index contributed by atoms with van der Waals surface area (Å²) < 4.78 is 5.59. The summed E-state index contributed by atoms with van der Waals surface area (Å²) in [5, 5.41) is 9.21. The van der Waals surface area contributed by atoms with Gasteiger partial charge in [0, 0.05) is 30.8 Å². The van der Waals surface area contributed by atoms with Crippen LogP contribution in [0.5, 0.6) is 0 Å². The number of carboxylic acids is 1. The molecule has 6 nitrogen and oxygen atoms in total. The Labute approximate surface area is 174 Å². The van der Waals surface area contributed by atoms with Crippen LogP contribution >= 0.6 is 0 Å². The van der Waals surface area contributed by atoms with E-state index in [0.29, 0.717) is 6.42 Å². The number of carboxylic acid groups (broad SMARTS) is 1. The summed E-state index contributed by atoms with van der Waals surface area (Å²) in [5.41, 5.74) is 5.31. The maximum absolute atomic E-state index is 12.7. The zero-order chi connectivity index (χ0) is 20.9. The van der Waals surface area contributed by atoms with E-state index in [4.69, 9.17) is 4.74 Å². The largest absolute Gasteiger partial charge is 0.480 e. The summed E-state index contributed by atoms with van der Waals surface area (Å²) in [4.78, 5) is 29.4. The molecule has 1 aliphatic carbocycles. The predicted octanol–water partition coefficient (Wildman–Crippen LogP) is 3.96. The average Bonchev–Trinajstić information content (AvgIpc) is 3.09. The number of fused-ring (bicyclic) bond motifs is 3. The molecule has 1 amide bonds. The van der Waals surface area contributed by atoms with Gasteiger partial charge in [-0.2, -0.15) is 0 Å². The summed E-state index contributed by atoms with van der Waals surface area (Å²) in [7, 11) is 0. The Balaban J connectivity index is 1.46. The number of hydrogen-bond acceptors (Lipinski definition) is 4. The SMILES string of the molecule is O=C(O)CN(CCc1ccccn1)C(=O)OCC1c2ccccc2-c2ccccc21. The zero-order valence-electron chi connectivity index (χ0n) is 16.4. The normalized spacial score (nSPS) is 12.1. The van der Waals surface area contributed by atoms with E-state index in [2.05, 4.69) is 17.1 Å². The van der Waals surface area contributed by atoms with Crippen molar-refractivity contribution in [3.8, 4) is 11.1 Å². The summed E-state index contributed by atoms with van der Waals surface area (Å²) >= 11 is 0. The smallest absolute Gasteiger partial charge is 0.410 e. The second-order valence-electron chi connectivity index (χ2n) is 7.19. The fraction of sp³-hybridized carbons (Fsp3) is 0.208. The molecular formula is C24H22N2O4. The molecule has 152 valence electrons. The molecule has 0 unspecified atom stereocenters. The van der Waals surface area contributed by atoms with Crippen LogP contribution in [0.25, 0.3) is 11.1 Å². The third-order valence-electron chi connectivity index (χ3n) is 5.28. The molecule has 1 aromatic heterocycles. The Morgan fingerprint density at radius 3 is 2.17 bits per heavy atom. The van der Waals surface area contributed by atoms with Crippen molar-refractivity contribution in [2.24, 2.45) is 0 Å². The number of aliphatic carboxylic acids is 1. The van der Waals surface area contributed by atoms with Gasteiger partial charge >= 0.3 is 12.1 Å². The lowest BCUT2D eigenvalue weighted by Crippen LogP contribution is -2.38. The quantitative estimate of drug-likeness (QED) is 0.647. The number of nitrogens with zero attached hydrogens (tertiary/aromatic N) is 2. The first kappa shape index (κ1) is 19.6. The molecule has 0 saturated heterocycles. The second-order valence-corrected chi connectivity index (χ2v) is 7.19. The standard InChI is InChI=1S/C24H22N2O4/c27-23(28)15-26(14-12-17-7-5-6-13-25-17)24(29)30-16-22-20-10-3-1-8-18(20)19-9-2-4-11-21(19)22/h1-11,13,22H,12,14-16H2,(H,27,28). The minimum Gasteiger partial charge on any atom is -0.480 e. The number of carbonyl (C=O) groups is 2. The number of rotatable bonds is 7. The van der Waals surface area contributed by atoms with Gasteiger partial charge in [0.05, 0.1) is 0 Å². The number of hydrogen-bond donors (Lipinski definition) is 1. The monoisotopic (exact) mass is 402 g/mol. The maximum Gasteiger partial charge on any atom is 0.410 e. The summed E-state index contributed by atoms with van der Waals surface area (Å²) in [5.74, 6) is -1.15. The molecule has 0 spiro atoms. The molecule has 30 heavy (non-hydrogen) atoms. The predicted molar refractivity (Wildman–Crippen MR) is 112 cm³/mol. The third kappa shape index (κ3) is 4.17. The molecule has 0 atom stereocenters. The minimum atomic E-state index is -1.08. The molecule has 0 saturated carbocycles. The van der Waals surface area contributed by atoms with Crippen molar-refractivity contribution in [3.05, 3.63) is 89.7 Å². The van der Waals surface area contributed by atoms with Gasteiger partial charge in [-0.05, 0) is 34.4 Å². The second kappa shape index (κ2) is 8.78. The van der Waals surface area contributed by atoms with Crippen LogP contribution in [0.1, 0.15) is 22.7 Å². The van der Waals surface area contributed by atoms with Crippen LogP contribution in [-0.4, -0.2) is 46.7 Å². The van der Waals surface area contributed by atoms with Crippen LogP contribution in [0.2, 0.25) is 0 Å². The van der Waals surface area contributed by atoms with Gasteiger partial charge in [-0.25, -0.2) is 4.79 Å². The Bertz CT molecular complexity index is 1010. The van der Waals surface area contributed by atoms with E-state index in [1.54, 1.807) is 6.20 Å². The Hall–Kier alpha value is -3.67. The van der Waals surface area contributed by atoms with Crippen LogP contribution in [0, 0.1) is 0 Å². The van der Waals surface area contributed by atoms with Gasteiger partial charge in [-0.1, -0.05) is 54.6 Å². The maximum atomic E-state index is 12.7. The van der Waals surface area contributed by atoms with E-state index in [1.165, 1.54) is 4.90 Å². The molecule has 6 heteroatoms. The molecule has 0 aliphatic heterocycles. The van der Waals surface area contributed by atoms with Gasteiger partial charge in [-0.3, -0.25) is 14.7 Å².